The monoisotopic (exact) mass is 414 g/mol. The predicted molar refractivity (Wildman–Crippen MR) is 110 cm³/mol. The van der Waals surface area contributed by atoms with Crippen molar-refractivity contribution in [1.29, 1.82) is 0 Å². The molecule has 1 heterocycles. The number of amides is 1. The van der Waals surface area contributed by atoms with Crippen molar-refractivity contribution in [2.75, 3.05) is 5.32 Å². The van der Waals surface area contributed by atoms with Crippen LogP contribution < -0.4 is 5.32 Å². The Morgan fingerprint density at radius 2 is 1.68 bits per heavy atom. The van der Waals surface area contributed by atoms with Crippen molar-refractivity contribution in [1.82, 2.24) is 4.98 Å². The van der Waals surface area contributed by atoms with Crippen LogP contribution in [0, 0.1) is 0 Å². The van der Waals surface area contributed by atoms with Gasteiger partial charge in [-0.1, -0.05) is 42.6 Å². The fourth-order valence-corrected chi connectivity index (χ4v) is 6.04. The Hall–Kier alpha value is -2.44. The molecule has 0 aliphatic heterocycles. The molecule has 0 atom stereocenters. The number of nitrogens with zero attached hydrogens (tertiary/aromatic N) is 1. The van der Waals surface area contributed by atoms with Crippen molar-refractivity contribution in [3.05, 3.63) is 65.8 Å². The Morgan fingerprint density at radius 1 is 1.00 bits per heavy atom. The maximum Gasteiger partial charge on any atom is 0.246 e. The van der Waals surface area contributed by atoms with Crippen molar-refractivity contribution in [3.63, 3.8) is 0 Å². The molecule has 1 amide bonds. The van der Waals surface area contributed by atoms with Crippen LogP contribution in [0.5, 0.6) is 0 Å². The van der Waals surface area contributed by atoms with Crippen LogP contribution in [0.3, 0.4) is 0 Å². The van der Waals surface area contributed by atoms with Gasteiger partial charge in [-0.05, 0) is 49.2 Å². The Labute approximate surface area is 168 Å². The number of para-hydroxylation sites is 1. The molecule has 0 bridgehead atoms. The zero-order valence-corrected chi connectivity index (χ0v) is 16.6. The summed E-state index contributed by atoms with van der Waals surface area (Å²) in [6.45, 7) is 0. The molecule has 3 aromatic rings. The molecule has 4 rings (SSSR count). The first-order chi connectivity index (χ1) is 13.4. The van der Waals surface area contributed by atoms with Gasteiger partial charge in [0.2, 0.25) is 5.91 Å². The maximum atomic E-state index is 13.4. The van der Waals surface area contributed by atoms with E-state index in [1.54, 1.807) is 12.3 Å². The summed E-state index contributed by atoms with van der Waals surface area (Å²) in [7, 11) is -3.88. The molecule has 0 radical (unpaired) electrons. The number of rotatable bonds is 4. The van der Waals surface area contributed by atoms with Gasteiger partial charge in [0.25, 0.3) is 0 Å². The standard InChI is InChI=1S/C21H19ClN2O3S/c22-16-8-10-17(11-9-16)28(26,27)21(12-1-2-13-21)20(25)24-18-7-3-5-15-6-4-14-23-19(15)18/h3-11,14H,1-2,12-13H2,(H,24,25). The summed E-state index contributed by atoms with van der Waals surface area (Å²) in [4.78, 5) is 17.8. The molecule has 1 aliphatic rings. The van der Waals surface area contributed by atoms with Gasteiger partial charge in [-0.25, -0.2) is 8.42 Å². The van der Waals surface area contributed by atoms with Gasteiger partial charge >= 0.3 is 0 Å². The van der Waals surface area contributed by atoms with Crippen LogP contribution in [0.15, 0.2) is 65.7 Å². The SMILES string of the molecule is O=C(Nc1cccc2cccnc12)C1(S(=O)(=O)c2ccc(Cl)cc2)CCCC1. The summed E-state index contributed by atoms with van der Waals surface area (Å²) in [5.41, 5.74) is 1.15. The van der Waals surface area contributed by atoms with Crippen LogP contribution in [0.4, 0.5) is 5.69 Å². The van der Waals surface area contributed by atoms with E-state index in [9.17, 15) is 13.2 Å². The highest BCUT2D eigenvalue weighted by atomic mass is 35.5. The number of carbonyl (C=O) groups is 1. The molecule has 0 saturated heterocycles. The first kappa shape index (κ1) is 18.9. The highest BCUT2D eigenvalue weighted by Crippen LogP contribution is 2.42. The molecule has 7 heteroatoms. The Balaban J connectivity index is 1.75. The van der Waals surface area contributed by atoms with Gasteiger partial charge in [0.05, 0.1) is 16.1 Å². The Kier molecular flexibility index (Phi) is 4.85. The van der Waals surface area contributed by atoms with E-state index in [1.807, 2.05) is 24.3 Å². The van der Waals surface area contributed by atoms with E-state index in [-0.39, 0.29) is 4.90 Å². The lowest BCUT2D eigenvalue weighted by atomic mass is 10.1. The van der Waals surface area contributed by atoms with Crippen molar-refractivity contribution < 1.29 is 13.2 Å². The number of pyridine rings is 1. The smallest absolute Gasteiger partial charge is 0.246 e. The number of benzene rings is 2. The molecule has 0 spiro atoms. The Bertz CT molecular complexity index is 1130. The lowest BCUT2D eigenvalue weighted by Crippen LogP contribution is -2.47. The summed E-state index contributed by atoms with van der Waals surface area (Å²) < 4.78 is 25.4. The molecule has 28 heavy (non-hydrogen) atoms. The average molecular weight is 415 g/mol. The fraction of sp³-hybridized carbons (Fsp3) is 0.238. The number of fused-ring (bicyclic) bond motifs is 1. The normalized spacial score (nSPS) is 16.2. The second kappa shape index (κ2) is 7.18. The lowest BCUT2D eigenvalue weighted by Gasteiger charge is -2.28. The molecular formula is C21H19ClN2O3S. The molecule has 1 aromatic heterocycles. The lowest BCUT2D eigenvalue weighted by molar-refractivity contribution is -0.118. The molecule has 5 nitrogen and oxygen atoms in total. The second-order valence-electron chi connectivity index (χ2n) is 6.99. The third kappa shape index (κ3) is 3.06. The zero-order valence-electron chi connectivity index (χ0n) is 15.1. The average Bonchev–Trinajstić information content (AvgIpc) is 3.21. The molecule has 0 unspecified atom stereocenters. The van der Waals surface area contributed by atoms with E-state index in [0.29, 0.717) is 41.9 Å². The summed E-state index contributed by atoms with van der Waals surface area (Å²) in [5.74, 6) is -0.502. The van der Waals surface area contributed by atoms with Crippen LogP contribution in [-0.2, 0) is 14.6 Å². The molecule has 1 N–H and O–H groups in total. The summed E-state index contributed by atoms with van der Waals surface area (Å²) >= 11 is 5.90. The van der Waals surface area contributed by atoms with Crippen molar-refractivity contribution >= 4 is 43.9 Å². The quantitative estimate of drug-likeness (QED) is 0.676. The Morgan fingerprint density at radius 3 is 2.39 bits per heavy atom. The highest BCUT2D eigenvalue weighted by Gasteiger charge is 2.53. The van der Waals surface area contributed by atoms with E-state index in [2.05, 4.69) is 10.3 Å². The van der Waals surface area contributed by atoms with E-state index in [4.69, 9.17) is 11.6 Å². The van der Waals surface area contributed by atoms with Crippen molar-refractivity contribution in [2.24, 2.45) is 0 Å². The molecule has 144 valence electrons. The predicted octanol–water partition coefficient (Wildman–Crippen LogP) is 4.61. The number of hydrogen-bond acceptors (Lipinski definition) is 4. The highest BCUT2D eigenvalue weighted by molar-refractivity contribution is 7.93. The summed E-state index contributed by atoms with van der Waals surface area (Å²) in [6, 6.07) is 15.2. The number of sulfone groups is 1. The minimum absolute atomic E-state index is 0.116. The molecule has 1 aliphatic carbocycles. The third-order valence-electron chi connectivity index (χ3n) is 5.34. The number of hydrogen-bond donors (Lipinski definition) is 1. The summed E-state index contributed by atoms with van der Waals surface area (Å²) in [5, 5.41) is 4.17. The van der Waals surface area contributed by atoms with Gasteiger partial charge in [-0.15, -0.1) is 0 Å². The molecule has 1 saturated carbocycles. The topological polar surface area (TPSA) is 76.1 Å². The van der Waals surface area contributed by atoms with Crippen LogP contribution in [-0.4, -0.2) is 24.1 Å². The van der Waals surface area contributed by atoms with Crippen LogP contribution in [0.25, 0.3) is 10.9 Å². The van der Waals surface area contributed by atoms with Gasteiger partial charge in [-0.2, -0.15) is 0 Å². The van der Waals surface area contributed by atoms with Crippen molar-refractivity contribution in [2.45, 2.75) is 35.3 Å². The summed E-state index contributed by atoms with van der Waals surface area (Å²) in [6.07, 6.45) is 3.61. The van der Waals surface area contributed by atoms with E-state index in [0.717, 1.165) is 5.39 Å². The van der Waals surface area contributed by atoms with Gasteiger partial charge < -0.3 is 5.32 Å². The van der Waals surface area contributed by atoms with Crippen LogP contribution in [0.1, 0.15) is 25.7 Å². The minimum atomic E-state index is -3.88. The van der Waals surface area contributed by atoms with Gasteiger partial charge in [0.15, 0.2) is 14.6 Å². The third-order valence-corrected chi connectivity index (χ3v) is 8.11. The number of carbonyl (C=O) groups excluding carboxylic acids is 1. The molecule has 2 aromatic carbocycles. The number of anilines is 1. The van der Waals surface area contributed by atoms with E-state index < -0.39 is 20.5 Å². The zero-order chi connectivity index (χ0) is 19.8. The first-order valence-electron chi connectivity index (χ1n) is 9.09. The van der Waals surface area contributed by atoms with E-state index >= 15 is 0 Å². The largest absolute Gasteiger partial charge is 0.323 e. The fourth-order valence-electron chi connectivity index (χ4n) is 3.84. The second-order valence-corrected chi connectivity index (χ2v) is 9.69. The van der Waals surface area contributed by atoms with Gasteiger partial charge in [0.1, 0.15) is 0 Å². The minimum Gasteiger partial charge on any atom is -0.323 e. The van der Waals surface area contributed by atoms with Gasteiger partial charge in [0, 0.05) is 16.6 Å². The number of nitrogens with one attached hydrogen (secondary N) is 1. The van der Waals surface area contributed by atoms with Crippen LogP contribution >= 0.6 is 11.6 Å². The number of aromatic nitrogens is 1. The molecule has 1 fully saturated rings. The molecular weight excluding hydrogens is 396 g/mol. The van der Waals surface area contributed by atoms with E-state index in [1.165, 1.54) is 24.3 Å². The van der Waals surface area contributed by atoms with Crippen LogP contribution in [0.2, 0.25) is 5.02 Å². The first-order valence-corrected chi connectivity index (χ1v) is 11.0. The van der Waals surface area contributed by atoms with Gasteiger partial charge in [-0.3, -0.25) is 9.78 Å². The number of halogens is 1. The maximum absolute atomic E-state index is 13.4. The van der Waals surface area contributed by atoms with Crippen molar-refractivity contribution in [3.8, 4) is 0 Å².